The number of amides is 1. The van der Waals surface area contributed by atoms with Crippen LogP contribution in [0.15, 0.2) is 30.5 Å². The highest BCUT2D eigenvalue weighted by Crippen LogP contribution is 2.38. The summed E-state index contributed by atoms with van der Waals surface area (Å²) < 4.78 is 5.89. The van der Waals surface area contributed by atoms with E-state index in [4.69, 9.17) is 27.2 Å². The second kappa shape index (κ2) is 5.82. The molecule has 1 atom stereocenters. The van der Waals surface area contributed by atoms with E-state index in [0.717, 1.165) is 0 Å². The standard InChI is InChI=1S/C15H14ClN3O3/c16-10-4-8(7-20)5-19-13(10)12-6-18-11-3-1-2-9(15(17)21)14(11)22-12/h1-5,12,18,20H,6-7H2,(H2,17,21). The largest absolute Gasteiger partial charge is 0.479 e. The molecule has 1 aliphatic rings. The zero-order valence-electron chi connectivity index (χ0n) is 11.5. The topological polar surface area (TPSA) is 97.5 Å². The lowest BCUT2D eigenvalue weighted by atomic mass is 10.1. The number of nitrogens with two attached hydrogens (primary N) is 1. The molecule has 1 unspecified atom stereocenters. The van der Waals surface area contributed by atoms with Gasteiger partial charge >= 0.3 is 0 Å². The van der Waals surface area contributed by atoms with Crippen molar-refractivity contribution in [1.29, 1.82) is 0 Å². The molecule has 0 saturated carbocycles. The average Bonchev–Trinajstić information content (AvgIpc) is 2.53. The first-order valence-corrected chi connectivity index (χ1v) is 7.06. The van der Waals surface area contributed by atoms with E-state index < -0.39 is 12.0 Å². The maximum Gasteiger partial charge on any atom is 0.252 e. The molecule has 4 N–H and O–H groups in total. The fourth-order valence-electron chi connectivity index (χ4n) is 2.35. The number of aliphatic hydroxyl groups excluding tert-OH is 1. The summed E-state index contributed by atoms with van der Waals surface area (Å²) in [5.74, 6) is -0.163. The first-order valence-electron chi connectivity index (χ1n) is 6.68. The van der Waals surface area contributed by atoms with E-state index in [-0.39, 0.29) is 6.61 Å². The molecule has 1 aromatic heterocycles. The molecule has 0 spiro atoms. The number of hydrogen-bond acceptors (Lipinski definition) is 5. The number of aliphatic hydroxyl groups is 1. The van der Waals surface area contributed by atoms with E-state index in [2.05, 4.69) is 10.3 Å². The van der Waals surface area contributed by atoms with Crippen LogP contribution in [0.4, 0.5) is 5.69 Å². The molecule has 0 radical (unpaired) electrons. The van der Waals surface area contributed by atoms with Gasteiger partial charge in [0.05, 0.1) is 29.4 Å². The quantitative estimate of drug-likeness (QED) is 0.802. The third-order valence-electron chi connectivity index (χ3n) is 3.43. The number of rotatable bonds is 3. The van der Waals surface area contributed by atoms with E-state index in [1.807, 2.05) is 6.07 Å². The lowest BCUT2D eigenvalue weighted by molar-refractivity contribution is 0.0992. The molecule has 1 amide bonds. The minimum Gasteiger partial charge on any atom is -0.479 e. The Labute approximate surface area is 131 Å². The number of carbonyl (C=O) groups is 1. The third-order valence-corrected chi connectivity index (χ3v) is 3.74. The first-order chi connectivity index (χ1) is 10.6. The zero-order chi connectivity index (χ0) is 15.7. The van der Waals surface area contributed by atoms with Crippen LogP contribution in [0.25, 0.3) is 0 Å². The predicted molar refractivity (Wildman–Crippen MR) is 82.0 cm³/mol. The molecule has 0 fully saturated rings. The number of nitrogens with one attached hydrogen (secondary N) is 1. The van der Waals surface area contributed by atoms with Crippen LogP contribution < -0.4 is 15.8 Å². The van der Waals surface area contributed by atoms with Gasteiger partial charge in [-0.1, -0.05) is 17.7 Å². The molecular weight excluding hydrogens is 306 g/mol. The van der Waals surface area contributed by atoms with Crippen LogP contribution in [0, 0.1) is 0 Å². The molecule has 2 heterocycles. The molecule has 114 valence electrons. The SMILES string of the molecule is NC(=O)c1cccc2c1OC(c1ncc(CO)cc1Cl)CN2. The Bertz CT molecular complexity index is 736. The molecule has 6 nitrogen and oxygen atoms in total. The van der Waals surface area contributed by atoms with Gasteiger partial charge in [-0.2, -0.15) is 0 Å². The fraction of sp³-hybridized carbons (Fsp3) is 0.200. The Morgan fingerprint density at radius 2 is 2.36 bits per heavy atom. The smallest absolute Gasteiger partial charge is 0.252 e. The number of fused-ring (bicyclic) bond motifs is 1. The van der Waals surface area contributed by atoms with Gasteiger partial charge in [-0.25, -0.2) is 0 Å². The minimum absolute atomic E-state index is 0.134. The Balaban J connectivity index is 1.96. The van der Waals surface area contributed by atoms with Gasteiger partial charge in [0.1, 0.15) is 5.69 Å². The van der Waals surface area contributed by atoms with E-state index in [1.165, 1.54) is 0 Å². The van der Waals surface area contributed by atoms with Crippen molar-refractivity contribution in [2.24, 2.45) is 5.73 Å². The van der Waals surface area contributed by atoms with Gasteiger partial charge in [0.25, 0.3) is 5.91 Å². The summed E-state index contributed by atoms with van der Waals surface area (Å²) in [5, 5.41) is 12.7. The molecule has 1 aromatic carbocycles. The van der Waals surface area contributed by atoms with Gasteiger partial charge in [-0.3, -0.25) is 9.78 Å². The first kappa shape index (κ1) is 14.6. The number of carbonyl (C=O) groups excluding carboxylic acids is 1. The normalized spacial score (nSPS) is 16.4. The number of halogens is 1. The van der Waals surface area contributed by atoms with Crippen LogP contribution in [0.2, 0.25) is 5.02 Å². The van der Waals surface area contributed by atoms with Crippen molar-refractivity contribution in [3.8, 4) is 5.75 Å². The highest BCUT2D eigenvalue weighted by molar-refractivity contribution is 6.31. The number of anilines is 1. The summed E-state index contributed by atoms with van der Waals surface area (Å²) in [6, 6.07) is 6.79. The van der Waals surface area contributed by atoms with Gasteiger partial charge in [0.2, 0.25) is 0 Å². The van der Waals surface area contributed by atoms with E-state index >= 15 is 0 Å². The molecule has 0 saturated heterocycles. The molecule has 1 aliphatic heterocycles. The van der Waals surface area contributed by atoms with Crippen LogP contribution in [0.3, 0.4) is 0 Å². The fourth-order valence-corrected chi connectivity index (χ4v) is 2.66. The Morgan fingerprint density at radius 1 is 1.55 bits per heavy atom. The summed E-state index contributed by atoms with van der Waals surface area (Å²) in [4.78, 5) is 15.8. The number of aromatic nitrogens is 1. The van der Waals surface area contributed by atoms with Crippen LogP contribution in [-0.2, 0) is 6.61 Å². The molecular formula is C15H14ClN3O3. The van der Waals surface area contributed by atoms with Crippen LogP contribution in [0.1, 0.15) is 27.7 Å². The van der Waals surface area contributed by atoms with E-state index in [9.17, 15) is 4.79 Å². The van der Waals surface area contributed by atoms with Gasteiger partial charge in [0, 0.05) is 6.20 Å². The molecule has 2 aromatic rings. The lowest BCUT2D eigenvalue weighted by Gasteiger charge is -2.28. The summed E-state index contributed by atoms with van der Waals surface area (Å²) in [5.41, 5.74) is 7.54. The van der Waals surface area contributed by atoms with Gasteiger partial charge in [-0.05, 0) is 23.8 Å². The van der Waals surface area contributed by atoms with Crippen LogP contribution in [0.5, 0.6) is 5.75 Å². The molecule has 22 heavy (non-hydrogen) atoms. The monoisotopic (exact) mass is 319 g/mol. The number of ether oxygens (including phenoxy) is 1. The van der Waals surface area contributed by atoms with Crippen LogP contribution >= 0.6 is 11.6 Å². The number of primary amides is 1. The second-order valence-electron chi connectivity index (χ2n) is 4.90. The van der Waals surface area contributed by atoms with Gasteiger partial charge < -0.3 is 20.9 Å². The highest BCUT2D eigenvalue weighted by Gasteiger charge is 2.27. The molecule has 0 bridgehead atoms. The lowest BCUT2D eigenvalue weighted by Crippen LogP contribution is -2.27. The maximum absolute atomic E-state index is 11.5. The Hall–Kier alpha value is -2.31. The van der Waals surface area contributed by atoms with Crippen LogP contribution in [-0.4, -0.2) is 22.5 Å². The number of benzene rings is 1. The second-order valence-corrected chi connectivity index (χ2v) is 5.31. The van der Waals surface area contributed by atoms with E-state index in [1.54, 1.807) is 24.4 Å². The van der Waals surface area contributed by atoms with Crippen molar-refractivity contribution >= 4 is 23.2 Å². The number of nitrogens with zero attached hydrogens (tertiary/aromatic N) is 1. The van der Waals surface area contributed by atoms with Crippen molar-refractivity contribution < 1.29 is 14.6 Å². The third kappa shape index (κ3) is 2.58. The van der Waals surface area contributed by atoms with Gasteiger partial charge in [0.15, 0.2) is 11.9 Å². The highest BCUT2D eigenvalue weighted by atomic mass is 35.5. The van der Waals surface area contributed by atoms with E-state index in [0.29, 0.717) is 39.8 Å². The van der Waals surface area contributed by atoms with Crippen molar-refractivity contribution in [1.82, 2.24) is 4.98 Å². The predicted octanol–water partition coefficient (Wildman–Crippen LogP) is 1.87. The molecule has 0 aliphatic carbocycles. The van der Waals surface area contributed by atoms with Gasteiger partial charge in [-0.15, -0.1) is 0 Å². The number of para-hydroxylation sites is 1. The van der Waals surface area contributed by atoms with Crippen molar-refractivity contribution in [3.63, 3.8) is 0 Å². The van der Waals surface area contributed by atoms with Crippen molar-refractivity contribution in [2.45, 2.75) is 12.7 Å². The van der Waals surface area contributed by atoms with Crippen molar-refractivity contribution in [3.05, 3.63) is 52.3 Å². The summed E-state index contributed by atoms with van der Waals surface area (Å²) in [7, 11) is 0. The molecule has 7 heteroatoms. The maximum atomic E-state index is 11.5. The summed E-state index contributed by atoms with van der Waals surface area (Å²) in [6.45, 7) is 0.325. The summed E-state index contributed by atoms with van der Waals surface area (Å²) in [6.07, 6.45) is 1.09. The average molecular weight is 320 g/mol. The number of hydrogen-bond donors (Lipinski definition) is 3. The Kier molecular flexibility index (Phi) is 3.87. The minimum atomic E-state index is -0.561. The number of pyridine rings is 1. The van der Waals surface area contributed by atoms with Crippen molar-refractivity contribution in [2.75, 3.05) is 11.9 Å². The zero-order valence-corrected chi connectivity index (χ0v) is 12.3. The summed E-state index contributed by atoms with van der Waals surface area (Å²) >= 11 is 6.20. The molecule has 3 rings (SSSR count). The Morgan fingerprint density at radius 3 is 3.05 bits per heavy atom.